The molecule has 0 bridgehead atoms. The van der Waals surface area contributed by atoms with Gasteiger partial charge in [0.1, 0.15) is 11.5 Å². The molecule has 100 valence electrons. The first-order valence-electron chi connectivity index (χ1n) is 6.56. The summed E-state index contributed by atoms with van der Waals surface area (Å²) < 4.78 is 2.05. The molecule has 1 atom stereocenters. The molecule has 0 amide bonds. The fourth-order valence-electron chi connectivity index (χ4n) is 2.65. The van der Waals surface area contributed by atoms with Crippen molar-refractivity contribution in [3.05, 3.63) is 29.8 Å². The van der Waals surface area contributed by atoms with Crippen molar-refractivity contribution >= 4 is 17.5 Å². The van der Waals surface area contributed by atoms with Crippen LogP contribution in [0, 0.1) is 0 Å². The Morgan fingerprint density at radius 2 is 2.37 bits per heavy atom. The van der Waals surface area contributed by atoms with Gasteiger partial charge in [-0.25, -0.2) is 4.98 Å². The average Bonchev–Trinajstić information content (AvgIpc) is 3.04. The highest BCUT2D eigenvalue weighted by Crippen LogP contribution is 2.26. The fraction of sp³-hybridized carbons (Fsp3) is 0.429. The number of aromatic nitrogens is 2. The molecule has 2 aromatic heterocycles. The minimum absolute atomic E-state index is 0.395. The van der Waals surface area contributed by atoms with Crippen molar-refractivity contribution in [2.45, 2.75) is 12.3 Å². The van der Waals surface area contributed by atoms with Crippen LogP contribution in [0.1, 0.15) is 28.7 Å². The highest BCUT2D eigenvalue weighted by Gasteiger charge is 2.23. The molecule has 1 unspecified atom stereocenters. The van der Waals surface area contributed by atoms with Gasteiger partial charge >= 0.3 is 0 Å². The molecule has 5 heteroatoms. The van der Waals surface area contributed by atoms with Crippen LogP contribution in [0.5, 0.6) is 0 Å². The van der Waals surface area contributed by atoms with Crippen LogP contribution in [0.2, 0.25) is 0 Å². The third-order valence-electron chi connectivity index (χ3n) is 3.74. The molecule has 0 radical (unpaired) electrons. The molecular weight excluding hydrogens is 240 g/mol. The monoisotopic (exact) mass is 258 g/mol. The van der Waals surface area contributed by atoms with Gasteiger partial charge < -0.3 is 14.6 Å². The second kappa shape index (κ2) is 4.66. The van der Waals surface area contributed by atoms with Crippen LogP contribution in [-0.2, 0) is 0 Å². The molecule has 2 aromatic rings. The Kier molecular flexibility index (Phi) is 2.98. The minimum Gasteiger partial charge on any atom is -0.378 e. The Bertz CT molecular complexity index is 611. The lowest BCUT2D eigenvalue weighted by molar-refractivity contribution is 0.112. The van der Waals surface area contributed by atoms with E-state index in [4.69, 9.17) is 0 Å². The molecule has 1 N–H and O–H groups in total. The van der Waals surface area contributed by atoms with Crippen molar-refractivity contribution < 1.29 is 4.79 Å². The number of pyridine rings is 1. The van der Waals surface area contributed by atoms with Crippen LogP contribution in [0.15, 0.2) is 18.3 Å². The van der Waals surface area contributed by atoms with E-state index in [-0.39, 0.29) is 0 Å². The number of anilines is 1. The predicted molar refractivity (Wildman–Crippen MR) is 75.1 cm³/mol. The van der Waals surface area contributed by atoms with E-state index in [1.165, 1.54) is 0 Å². The van der Waals surface area contributed by atoms with Gasteiger partial charge in [0, 0.05) is 38.4 Å². The van der Waals surface area contributed by atoms with E-state index in [0.29, 0.717) is 11.6 Å². The first kappa shape index (κ1) is 12.2. The van der Waals surface area contributed by atoms with E-state index in [2.05, 4.69) is 20.8 Å². The van der Waals surface area contributed by atoms with Crippen molar-refractivity contribution in [3.63, 3.8) is 0 Å². The molecule has 1 fully saturated rings. The molecular formula is C14H18N4O. The fourth-order valence-corrected chi connectivity index (χ4v) is 2.65. The molecule has 1 saturated heterocycles. The molecule has 0 aromatic carbocycles. The number of hydrogen-bond donors (Lipinski definition) is 1. The normalized spacial score (nSPS) is 18.9. The SMILES string of the molecule is CN(C)c1ccn2c(C3CCNC3)nc(C=O)c2c1. The Morgan fingerprint density at radius 3 is 3.00 bits per heavy atom. The van der Waals surface area contributed by atoms with Crippen molar-refractivity contribution in [3.8, 4) is 0 Å². The van der Waals surface area contributed by atoms with Gasteiger partial charge in [-0.05, 0) is 25.1 Å². The van der Waals surface area contributed by atoms with E-state index in [0.717, 1.165) is 42.8 Å². The lowest BCUT2D eigenvalue weighted by Crippen LogP contribution is -2.11. The molecule has 3 rings (SSSR count). The third kappa shape index (κ3) is 2.00. The minimum atomic E-state index is 0.395. The summed E-state index contributed by atoms with van der Waals surface area (Å²) in [5.41, 5.74) is 2.50. The van der Waals surface area contributed by atoms with Crippen molar-refractivity contribution in [1.29, 1.82) is 0 Å². The molecule has 0 spiro atoms. The van der Waals surface area contributed by atoms with E-state index < -0.39 is 0 Å². The summed E-state index contributed by atoms with van der Waals surface area (Å²) in [6.45, 7) is 1.96. The number of fused-ring (bicyclic) bond motifs is 1. The third-order valence-corrected chi connectivity index (χ3v) is 3.74. The number of carbonyl (C=O) groups is 1. The summed E-state index contributed by atoms with van der Waals surface area (Å²) >= 11 is 0. The number of aldehydes is 1. The van der Waals surface area contributed by atoms with Gasteiger partial charge in [0.25, 0.3) is 0 Å². The zero-order valence-corrected chi connectivity index (χ0v) is 11.3. The second-order valence-corrected chi connectivity index (χ2v) is 5.20. The Hall–Kier alpha value is -1.88. The largest absolute Gasteiger partial charge is 0.378 e. The smallest absolute Gasteiger partial charge is 0.170 e. The molecule has 0 aliphatic carbocycles. The first-order valence-corrected chi connectivity index (χ1v) is 6.56. The summed E-state index contributed by atoms with van der Waals surface area (Å²) in [6, 6.07) is 4.07. The molecule has 1 aliphatic heterocycles. The summed E-state index contributed by atoms with van der Waals surface area (Å²) in [4.78, 5) is 17.8. The van der Waals surface area contributed by atoms with Crippen LogP contribution in [0.25, 0.3) is 5.52 Å². The Balaban J connectivity index is 2.16. The van der Waals surface area contributed by atoms with E-state index in [1.807, 2.05) is 31.3 Å². The first-order chi connectivity index (χ1) is 9.20. The summed E-state index contributed by atoms with van der Waals surface area (Å²) in [6.07, 6.45) is 3.94. The standard InChI is InChI=1S/C14H18N4O/c1-17(2)11-4-6-18-13(7-11)12(9-19)16-14(18)10-3-5-15-8-10/h4,6-7,9-10,15H,3,5,8H2,1-2H3. The van der Waals surface area contributed by atoms with Crippen LogP contribution < -0.4 is 10.2 Å². The van der Waals surface area contributed by atoms with Gasteiger partial charge in [0.2, 0.25) is 0 Å². The van der Waals surface area contributed by atoms with Crippen molar-refractivity contribution in [2.24, 2.45) is 0 Å². The molecule has 0 saturated carbocycles. The van der Waals surface area contributed by atoms with Gasteiger partial charge in [0.15, 0.2) is 6.29 Å². The molecule has 5 nitrogen and oxygen atoms in total. The number of rotatable bonds is 3. The predicted octanol–water partition coefficient (Wildman–Crippen LogP) is 1.29. The lowest BCUT2D eigenvalue weighted by Gasteiger charge is -2.13. The zero-order chi connectivity index (χ0) is 13.4. The molecule has 3 heterocycles. The van der Waals surface area contributed by atoms with Gasteiger partial charge in [-0.1, -0.05) is 0 Å². The van der Waals surface area contributed by atoms with Crippen molar-refractivity contribution in [1.82, 2.24) is 14.7 Å². The lowest BCUT2D eigenvalue weighted by atomic mass is 10.1. The Morgan fingerprint density at radius 1 is 1.53 bits per heavy atom. The highest BCUT2D eigenvalue weighted by atomic mass is 16.1. The van der Waals surface area contributed by atoms with Gasteiger partial charge in [0.05, 0.1) is 5.52 Å². The maximum Gasteiger partial charge on any atom is 0.170 e. The second-order valence-electron chi connectivity index (χ2n) is 5.20. The number of hydrogen-bond acceptors (Lipinski definition) is 4. The summed E-state index contributed by atoms with van der Waals surface area (Å²) in [5, 5.41) is 3.34. The van der Waals surface area contributed by atoms with Gasteiger partial charge in [-0.2, -0.15) is 0 Å². The van der Waals surface area contributed by atoms with Crippen LogP contribution >= 0.6 is 0 Å². The summed E-state index contributed by atoms with van der Waals surface area (Å²) in [7, 11) is 3.98. The Labute approximate surface area is 112 Å². The van der Waals surface area contributed by atoms with E-state index >= 15 is 0 Å². The van der Waals surface area contributed by atoms with Crippen LogP contribution in [-0.4, -0.2) is 42.9 Å². The number of nitrogens with zero attached hydrogens (tertiary/aromatic N) is 3. The number of carbonyl (C=O) groups excluding carboxylic acids is 1. The van der Waals surface area contributed by atoms with Gasteiger partial charge in [-0.15, -0.1) is 0 Å². The van der Waals surface area contributed by atoms with Crippen molar-refractivity contribution in [2.75, 3.05) is 32.1 Å². The maximum atomic E-state index is 11.2. The van der Waals surface area contributed by atoms with Gasteiger partial charge in [-0.3, -0.25) is 4.79 Å². The van der Waals surface area contributed by atoms with E-state index in [1.54, 1.807) is 0 Å². The summed E-state index contributed by atoms with van der Waals surface area (Å²) in [5.74, 6) is 1.39. The number of imidazole rings is 1. The average molecular weight is 258 g/mol. The molecule has 1 aliphatic rings. The molecule has 19 heavy (non-hydrogen) atoms. The number of nitrogens with one attached hydrogen (secondary N) is 1. The zero-order valence-electron chi connectivity index (χ0n) is 11.3. The van der Waals surface area contributed by atoms with Crippen LogP contribution in [0.4, 0.5) is 5.69 Å². The highest BCUT2D eigenvalue weighted by molar-refractivity contribution is 5.85. The topological polar surface area (TPSA) is 49.6 Å². The quantitative estimate of drug-likeness (QED) is 0.843. The maximum absolute atomic E-state index is 11.2. The van der Waals surface area contributed by atoms with E-state index in [9.17, 15) is 4.79 Å². The van der Waals surface area contributed by atoms with Crippen LogP contribution in [0.3, 0.4) is 0 Å².